The topological polar surface area (TPSA) is 32.8 Å². The van der Waals surface area contributed by atoms with E-state index in [1.807, 2.05) is 0 Å². The van der Waals surface area contributed by atoms with E-state index in [1.165, 1.54) is 12.1 Å². The zero-order chi connectivity index (χ0) is 22.5. The van der Waals surface area contributed by atoms with E-state index in [0.29, 0.717) is 31.7 Å². The molecule has 1 heterocycles. The molecule has 1 aromatic carbocycles. The molecule has 1 aliphatic heterocycles. The van der Waals surface area contributed by atoms with E-state index in [0.717, 1.165) is 31.5 Å². The van der Waals surface area contributed by atoms with Crippen molar-refractivity contribution in [3.63, 3.8) is 0 Å². The van der Waals surface area contributed by atoms with E-state index in [2.05, 4.69) is 32.6 Å². The minimum Gasteiger partial charge on any atom is -0.450 e. The van der Waals surface area contributed by atoms with E-state index < -0.39 is 11.7 Å². The number of hydrogen-bond donors (Lipinski definition) is 0. The number of piperazine rings is 1. The smallest absolute Gasteiger partial charge is 0.416 e. The van der Waals surface area contributed by atoms with Crippen molar-refractivity contribution in [3.8, 4) is 0 Å². The summed E-state index contributed by atoms with van der Waals surface area (Å²) in [5.74, 6) is 0.501. The van der Waals surface area contributed by atoms with Crippen molar-refractivity contribution in [2.24, 2.45) is 5.92 Å². The molecule has 0 aliphatic carbocycles. The van der Waals surface area contributed by atoms with Crippen molar-refractivity contribution in [1.29, 1.82) is 0 Å². The Bertz CT molecular complexity index is 679. The molecule has 1 amide bonds. The van der Waals surface area contributed by atoms with Gasteiger partial charge in [-0.05, 0) is 48.8 Å². The first-order chi connectivity index (χ1) is 13.9. The van der Waals surface area contributed by atoms with Crippen LogP contribution in [0, 0.1) is 5.92 Å². The third-order valence-corrected chi connectivity index (χ3v) is 5.84. The molecule has 0 spiro atoms. The fourth-order valence-electron chi connectivity index (χ4n) is 4.21. The number of amides is 1. The number of hydrogen-bond acceptors (Lipinski definition) is 3. The first-order valence-electron chi connectivity index (χ1n) is 10.8. The lowest BCUT2D eigenvalue weighted by atomic mass is 9.77. The SMILES string of the molecule is CCOC(=O)N1CCN(C(CC(C)C)CC(C)(C)c2ccc(C(F)(F)F)cc2)CC1. The van der Waals surface area contributed by atoms with Gasteiger partial charge in [-0.25, -0.2) is 4.79 Å². The van der Waals surface area contributed by atoms with E-state index in [1.54, 1.807) is 24.0 Å². The van der Waals surface area contributed by atoms with E-state index in [9.17, 15) is 18.0 Å². The van der Waals surface area contributed by atoms with Crippen LogP contribution in [0.3, 0.4) is 0 Å². The molecule has 7 heteroatoms. The lowest BCUT2D eigenvalue weighted by Gasteiger charge is -2.42. The van der Waals surface area contributed by atoms with Crippen molar-refractivity contribution in [2.75, 3.05) is 32.8 Å². The van der Waals surface area contributed by atoms with Crippen LogP contribution < -0.4 is 0 Å². The minimum absolute atomic E-state index is 0.261. The lowest BCUT2D eigenvalue weighted by molar-refractivity contribution is -0.137. The van der Waals surface area contributed by atoms with Crippen LogP contribution in [0.15, 0.2) is 24.3 Å². The molecule has 1 unspecified atom stereocenters. The van der Waals surface area contributed by atoms with Gasteiger partial charge in [0.15, 0.2) is 0 Å². The van der Waals surface area contributed by atoms with Gasteiger partial charge >= 0.3 is 12.3 Å². The van der Waals surface area contributed by atoms with Crippen LogP contribution in [0.5, 0.6) is 0 Å². The average Bonchev–Trinajstić information content (AvgIpc) is 2.67. The van der Waals surface area contributed by atoms with Crippen LogP contribution in [0.2, 0.25) is 0 Å². The third kappa shape index (κ3) is 6.62. The number of benzene rings is 1. The number of nitrogens with zero attached hydrogens (tertiary/aromatic N) is 2. The molecule has 2 rings (SSSR count). The molecule has 0 N–H and O–H groups in total. The monoisotopic (exact) mass is 428 g/mol. The van der Waals surface area contributed by atoms with E-state index in [4.69, 9.17) is 4.74 Å². The highest BCUT2D eigenvalue weighted by atomic mass is 19.4. The van der Waals surface area contributed by atoms with Crippen molar-refractivity contribution in [3.05, 3.63) is 35.4 Å². The van der Waals surface area contributed by atoms with Gasteiger partial charge in [-0.3, -0.25) is 4.90 Å². The highest BCUT2D eigenvalue weighted by molar-refractivity contribution is 5.67. The molecular weight excluding hydrogens is 393 g/mol. The van der Waals surface area contributed by atoms with Gasteiger partial charge in [-0.1, -0.05) is 39.8 Å². The number of rotatable bonds is 7. The Kier molecular flexibility index (Phi) is 8.20. The lowest BCUT2D eigenvalue weighted by Crippen LogP contribution is -2.53. The summed E-state index contributed by atoms with van der Waals surface area (Å²) in [4.78, 5) is 16.1. The first-order valence-corrected chi connectivity index (χ1v) is 10.8. The summed E-state index contributed by atoms with van der Waals surface area (Å²) in [7, 11) is 0. The van der Waals surface area contributed by atoms with E-state index >= 15 is 0 Å². The van der Waals surface area contributed by atoms with Gasteiger partial charge in [0, 0.05) is 32.2 Å². The highest BCUT2D eigenvalue weighted by Crippen LogP contribution is 2.35. The Labute approximate surface area is 178 Å². The normalized spacial score (nSPS) is 17.3. The Hall–Kier alpha value is -1.76. The van der Waals surface area contributed by atoms with Gasteiger partial charge < -0.3 is 9.64 Å². The predicted octanol–water partition coefficient (Wildman–Crippen LogP) is 5.56. The van der Waals surface area contributed by atoms with Crippen molar-refractivity contribution in [1.82, 2.24) is 9.80 Å². The number of carbonyl (C=O) groups excluding carboxylic acids is 1. The molecule has 0 bridgehead atoms. The van der Waals surface area contributed by atoms with Crippen molar-refractivity contribution >= 4 is 6.09 Å². The summed E-state index contributed by atoms with van der Waals surface area (Å²) in [6.07, 6.45) is -2.73. The molecule has 170 valence electrons. The first kappa shape index (κ1) is 24.5. The molecule has 1 atom stereocenters. The molecule has 4 nitrogen and oxygen atoms in total. The standard InChI is InChI=1S/C23H35F3N2O2/c1-6-30-21(29)28-13-11-27(12-14-28)20(15-17(2)3)16-22(4,5)18-7-9-19(10-8-18)23(24,25)26/h7-10,17,20H,6,11-16H2,1-5H3. The van der Waals surface area contributed by atoms with Gasteiger partial charge in [0.2, 0.25) is 0 Å². The summed E-state index contributed by atoms with van der Waals surface area (Å²) in [5, 5.41) is 0. The molecular formula is C23H35F3N2O2. The number of ether oxygens (including phenoxy) is 1. The Morgan fingerprint density at radius 2 is 1.57 bits per heavy atom. The predicted molar refractivity (Wildman–Crippen MR) is 112 cm³/mol. The Morgan fingerprint density at radius 3 is 2.03 bits per heavy atom. The summed E-state index contributed by atoms with van der Waals surface area (Å²) in [5.41, 5.74) is 0.0346. The number of carbonyl (C=O) groups is 1. The van der Waals surface area contributed by atoms with Crippen LogP contribution in [0.25, 0.3) is 0 Å². The highest BCUT2D eigenvalue weighted by Gasteiger charge is 2.34. The minimum atomic E-state index is -4.32. The maximum atomic E-state index is 12.9. The van der Waals surface area contributed by atoms with Crippen LogP contribution in [-0.4, -0.2) is 54.7 Å². The fourth-order valence-corrected chi connectivity index (χ4v) is 4.21. The van der Waals surface area contributed by atoms with Crippen LogP contribution in [0.1, 0.15) is 58.6 Å². The fraction of sp³-hybridized carbons (Fsp3) is 0.696. The number of alkyl halides is 3. The Morgan fingerprint density at radius 1 is 1.03 bits per heavy atom. The molecule has 1 fully saturated rings. The quantitative estimate of drug-likeness (QED) is 0.570. The molecule has 1 aliphatic rings. The molecule has 0 saturated carbocycles. The zero-order valence-corrected chi connectivity index (χ0v) is 18.8. The van der Waals surface area contributed by atoms with E-state index in [-0.39, 0.29) is 11.5 Å². The van der Waals surface area contributed by atoms with Crippen LogP contribution >= 0.6 is 0 Å². The number of halogens is 3. The molecule has 1 saturated heterocycles. The summed E-state index contributed by atoms with van der Waals surface area (Å²) < 4.78 is 43.8. The van der Waals surface area contributed by atoms with Gasteiger partial charge in [0.25, 0.3) is 0 Å². The van der Waals surface area contributed by atoms with Gasteiger partial charge in [0.05, 0.1) is 12.2 Å². The molecule has 0 radical (unpaired) electrons. The van der Waals surface area contributed by atoms with Gasteiger partial charge in [-0.15, -0.1) is 0 Å². The zero-order valence-electron chi connectivity index (χ0n) is 18.8. The summed E-state index contributed by atoms with van der Waals surface area (Å²) in [6.45, 7) is 13.6. The molecule has 1 aromatic rings. The van der Waals surface area contributed by atoms with Gasteiger partial charge in [0.1, 0.15) is 0 Å². The largest absolute Gasteiger partial charge is 0.450 e. The van der Waals surface area contributed by atoms with Crippen molar-refractivity contribution in [2.45, 2.75) is 65.1 Å². The maximum absolute atomic E-state index is 12.9. The summed E-state index contributed by atoms with van der Waals surface area (Å²) >= 11 is 0. The average molecular weight is 429 g/mol. The second-order valence-electron chi connectivity index (χ2n) is 9.17. The molecule has 0 aromatic heterocycles. The second kappa shape index (κ2) is 10.0. The van der Waals surface area contributed by atoms with Gasteiger partial charge in [-0.2, -0.15) is 13.2 Å². The Balaban J connectivity index is 2.09. The summed E-state index contributed by atoms with van der Waals surface area (Å²) in [6, 6.07) is 5.85. The van der Waals surface area contributed by atoms with Crippen LogP contribution in [-0.2, 0) is 16.3 Å². The van der Waals surface area contributed by atoms with Crippen LogP contribution in [0.4, 0.5) is 18.0 Å². The van der Waals surface area contributed by atoms with Crippen molar-refractivity contribution < 1.29 is 22.7 Å². The third-order valence-electron chi connectivity index (χ3n) is 5.84. The molecule has 30 heavy (non-hydrogen) atoms. The second-order valence-corrected chi connectivity index (χ2v) is 9.17. The maximum Gasteiger partial charge on any atom is 0.416 e.